The third kappa shape index (κ3) is 2.89. The summed E-state index contributed by atoms with van der Waals surface area (Å²) < 4.78 is 1.83. The topological polar surface area (TPSA) is 95.6 Å². The molecule has 0 aliphatic rings. The Bertz CT molecular complexity index is 611. The third-order valence-electron chi connectivity index (χ3n) is 2.70. The summed E-state index contributed by atoms with van der Waals surface area (Å²) in [6.07, 6.45) is -0.792. The van der Waals surface area contributed by atoms with Crippen LogP contribution in [0.4, 0.5) is 0 Å². The molecule has 0 bridgehead atoms. The zero-order valence-corrected chi connectivity index (χ0v) is 11.1. The van der Waals surface area contributed by atoms with Crippen molar-refractivity contribution in [1.29, 1.82) is 0 Å². The first-order valence-corrected chi connectivity index (χ1v) is 6.63. The zero-order chi connectivity index (χ0) is 14.0. The summed E-state index contributed by atoms with van der Waals surface area (Å²) in [7, 11) is 1.82. The summed E-state index contributed by atoms with van der Waals surface area (Å²) in [5, 5.41) is 27.7. The normalized spacial score (nSPS) is 12.8. The number of aromatic nitrogens is 2. The molecule has 0 aliphatic carbocycles. The number of aromatic carboxylic acids is 1. The lowest BCUT2D eigenvalue weighted by atomic mass is 10.2. The molecule has 0 saturated heterocycles. The molecule has 102 valence electrons. The number of carboxylic acid groups (broad SMARTS) is 1. The van der Waals surface area contributed by atoms with E-state index in [2.05, 4.69) is 4.98 Å². The van der Waals surface area contributed by atoms with Crippen molar-refractivity contribution in [3.63, 3.8) is 0 Å². The van der Waals surface area contributed by atoms with Crippen LogP contribution in [0.3, 0.4) is 0 Å². The van der Waals surface area contributed by atoms with Gasteiger partial charge in [0.25, 0.3) is 0 Å². The highest BCUT2D eigenvalue weighted by Crippen LogP contribution is 2.24. The molecule has 0 spiro atoms. The van der Waals surface area contributed by atoms with Gasteiger partial charge in [0.2, 0.25) is 0 Å². The Morgan fingerprint density at radius 2 is 2.26 bits per heavy atom. The van der Waals surface area contributed by atoms with Crippen molar-refractivity contribution in [2.24, 2.45) is 7.05 Å². The highest BCUT2D eigenvalue weighted by Gasteiger charge is 2.12. The van der Waals surface area contributed by atoms with Crippen LogP contribution >= 0.6 is 11.8 Å². The van der Waals surface area contributed by atoms with E-state index in [0.29, 0.717) is 16.4 Å². The number of aryl methyl sites for hydroxylation is 1. The number of aliphatic hydroxyl groups excluding tert-OH is 2. The highest BCUT2D eigenvalue weighted by atomic mass is 32.2. The molecule has 6 nitrogen and oxygen atoms in total. The Balaban J connectivity index is 2.31. The summed E-state index contributed by atoms with van der Waals surface area (Å²) in [5.41, 5.74) is 1.62. The Morgan fingerprint density at radius 1 is 1.53 bits per heavy atom. The van der Waals surface area contributed by atoms with E-state index in [1.54, 1.807) is 6.07 Å². The summed E-state index contributed by atoms with van der Waals surface area (Å²) in [6, 6.07) is 4.76. The van der Waals surface area contributed by atoms with Gasteiger partial charge in [-0.05, 0) is 18.2 Å². The van der Waals surface area contributed by atoms with Gasteiger partial charge in [-0.15, -0.1) is 0 Å². The molecule has 0 amide bonds. The number of carboxylic acids is 1. The molecule has 2 rings (SSSR count). The van der Waals surface area contributed by atoms with Crippen LogP contribution in [-0.2, 0) is 7.05 Å². The van der Waals surface area contributed by atoms with Crippen molar-refractivity contribution in [1.82, 2.24) is 9.55 Å². The lowest BCUT2D eigenvalue weighted by Crippen LogP contribution is -2.15. The minimum absolute atomic E-state index is 0.192. The fraction of sp³-hybridized carbons (Fsp3) is 0.333. The second-order valence-electron chi connectivity index (χ2n) is 4.11. The lowest BCUT2D eigenvalue weighted by Gasteiger charge is -2.05. The van der Waals surface area contributed by atoms with Crippen LogP contribution in [-0.4, -0.2) is 49.3 Å². The van der Waals surface area contributed by atoms with Crippen LogP contribution in [0.1, 0.15) is 10.4 Å². The molecule has 0 radical (unpaired) electrons. The number of hydrogen-bond acceptors (Lipinski definition) is 5. The molecule has 7 heteroatoms. The van der Waals surface area contributed by atoms with Gasteiger partial charge in [-0.1, -0.05) is 11.8 Å². The first kappa shape index (κ1) is 13.9. The van der Waals surface area contributed by atoms with E-state index < -0.39 is 12.1 Å². The SMILES string of the molecule is Cn1c(SCC(O)CO)nc2cc(C(=O)O)ccc21. The van der Waals surface area contributed by atoms with Crippen LogP contribution in [0, 0.1) is 0 Å². The van der Waals surface area contributed by atoms with Gasteiger partial charge >= 0.3 is 5.97 Å². The van der Waals surface area contributed by atoms with Gasteiger partial charge in [-0.2, -0.15) is 0 Å². The molecule has 1 atom stereocenters. The zero-order valence-electron chi connectivity index (χ0n) is 10.3. The van der Waals surface area contributed by atoms with Gasteiger partial charge in [0, 0.05) is 12.8 Å². The maximum Gasteiger partial charge on any atom is 0.335 e. The average molecular weight is 282 g/mol. The highest BCUT2D eigenvalue weighted by molar-refractivity contribution is 7.99. The number of benzene rings is 1. The Kier molecular flexibility index (Phi) is 4.08. The quantitative estimate of drug-likeness (QED) is 0.699. The molecule has 1 aromatic carbocycles. The van der Waals surface area contributed by atoms with Crippen molar-refractivity contribution >= 4 is 28.8 Å². The minimum atomic E-state index is -0.988. The number of nitrogens with zero attached hydrogens (tertiary/aromatic N) is 2. The summed E-state index contributed by atoms with van der Waals surface area (Å²) in [6.45, 7) is -0.292. The van der Waals surface area contributed by atoms with E-state index >= 15 is 0 Å². The standard InChI is InChI=1S/C12H14N2O4S/c1-14-10-3-2-7(11(17)18)4-9(10)13-12(14)19-6-8(16)5-15/h2-4,8,15-16H,5-6H2,1H3,(H,17,18). The Hall–Kier alpha value is -1.57. The first-order valence-electron chi connectivity index (χ1n) is 5.64. The van der Waals surface area contributed by atoms with Crippen LogP contribution in [0.5, 0.6) is 0 Å². The fourth-order valence-electron chi connectivity index (χ4n) is 1.66. The molecule has 0 fully saturated rings. The van der Waals surface area contributed by atoms with E-state index in [-0.39, 0.29) is 12.2 Å². The number of hydrogen-bond donors (Lipinski definition) is 3. The van der Waals surface area contributed by atoms with Crippen molar-refractivity contribution < 1.29 is 20.1 Å². The molecule has 2 aromatic rings. The van der Waals surface area contributed by atoms with Gasteiger partial charge in [0.05, 0.1) is 29.3 Å². The van der Waals surface area contributed by atoms with Crippen LogP contribution in [0.25, 0.3) is 11.0 Å². The van der Waals surface area contributed by atoms with E-state index in [0.717, 1.165) is 5.52 Å². The maximum absolute atomic E-state index is 10.9. The van der Waals surface area contributed by atoms with Crippen molar-refractivity contribution in [2.45, 2.75) is 11.3 Å². The molecular weight excluding hydrogens is 268 g/mol. The molecule has 1 unspecified atom stereocenters. The van der Waals surface area contributed by atoms with Crippen molar-refractivity contribution in [3.05, 3.63) is 23.8 Å². The summed E-state index contributed by atoms with van der Waals surface area (Å²) in [4.78, 5) is 15.2. The molecule has 1 aromatic heterocycles. The summed E-state index contributed by atoms with van der Waals surface area (Å²) >= 11 is 1.31. The largest absolute Gasteiger partial charge is 0.478 e. The third-order valence-corrected chi connectivity index (χ3v) is 3.88. The number of imidazole rings is 1. The Labute approximate surface area is 113 Å². The van der Waals surface area contributed by atoms with Gasteiger partial charge in [0.15, 0.2) is 5.16 Å². The number of rotatable bonds is 5. The number of thioether (sulfide) groups is 1. The first-order chi connectivity index (χ1) is 9.02. The van der Waals surface area contributed by atoms with Gasteiger partial charge in [-0.3, -0.25) is 0 Å². The van der Waals surface area contributed by atoms with Gasteiger partial charge in [0.1, 0.15) is 0 Å². The second kappa shape index (κ2) is 5.60. The number of aliphatic hydroxyl groups is 2. The second-order valence-corrected chi connectivity index (χ2v) is 5.10. The van der Waals surface area contributed by atoms with E-state index in [4.69, 9.17) is 10.2 Å². The molecular formula is C12H14N2O4S. The number of carbonyl (C=O) groups is 1. The maximum atomic E-state index is 10.9. The van der Waals surface area contributed by atoms with Gasteiger partial charge < -0.3 is 19.9 Å². The van der Waals surface area contributed by atoms with Crippen LogP contribution < -0.4 is 0 Å². The Morgan fingerprint density at radius 3 is 2.89 bits per heavy atom. The summed E-state index contributed by atoms with van der Waals surface area (Å²) in [5.74, 6) is -0.656. The lowest BCUT2D eigenvalue weighted by molar-refractivity contribution is 0.0697. The molecule has 0 aliphatic heterocycles. The number of fused-ring (bicyclic) bond motifs is 1. The van der Waals surface area contributed by atoms with Crippen LogP contribution in [0.2, 0.25) is 0 Å². The minimum Gasteiger partial charge on any atom is -0.478 e. The van der Waals surface area contributed by atoms with E-state index in [9.17, 15) is 9.90 Å². The monoisotopic (exact) mass is 282 g/mol. The van der Waals surface area contributed by atoms with Crippen LogP contribution in [0.15, 0.2) is 23.4 Å². The van der Waals surface area contributed by atoms with Gasteiger partial charge in [-0.25, -0.2) is 9.78 Å². The smallest absolute Gasteiger partial charge is 0.335 e. The average Bonchev–Trinajstić information content (AvgIpc) is 2.72. The van der Waals surface area contributed by atoms with Crippen molar-refractivity contribution in [3.8, 4) is 0 Å². The van der Waals surface area contributed by atoms with Crippen molar-refractivity contribution in [2.75, 3.05) is 12.4 Å². The molecule has 3 N–H and O–H groups in total. The molecule has 19 heavy (non-hydrogen) atoms. The molecule has 0 saturated carbocycles. The fourth-order valence-corrected chi connectivity index (χ4v) is 2.57. The van der Waals surface area contributed by atoms with E-state index in [1.165, 1.54) is 23.9 Å². The predicted molar refractivity (Wildman–Crippen MR) is 71.5 cm³/mol. The predicted octanol–water partition coefficient (Wildman–Crippen LogP) is 0.717. The van der Waals surface area contributed by atoms with E-state index in [1.807, 2.05) is 11.6 Å². The molecule has 1 heterocycles.